The van der Waals surface area contributed by atoms with Crippen molar-refractivity contribution in [2.45, 2.75) is 31.1 Å². The molecule has 14 rings (SSSR count). The Bertz CT molecular complexity index is 4570. The van der Waals surface area contributed by atoms with Crippen LogP contribution in [0.2, 0.25) is 10.0 Å². The Morgan fingerprint density at radius 3 is 1.37 bits per heavy atom. The molecule has 0 bridgehead atoms. The number of hydrogen-bond donors (Lipinski definition) is 3. The predicted molar refractivity (Wildman–Crippen MR) is 371 cm³/mol. The molecule has 4 amide bonds. The Balaban J connectivity index is 0.000000178. The Kier molecular flexibility index (Phi) is 19.8. The number of Topliss-reactive ketones (excluding diaryl/α,β-unsaturated/α-hetero) is 1. The summed E-state index contributed by atoms with van der Waals surface area (Å²) < 4.78 is 44.3. The molecule has 22 nitrogen and oxygen atoms in total. The predicted octanol–water partition coefficient (Wildman–Crippen LogP) is 11.5. The third kappa shape index (κ3) is 14.4. The molecule has 2 aromatic heterocycles. The quantitative estimate of drug-likeness (QED) is 0.0567. The molecular formula is C71H62Cl2F2N12O10S2. The average Bonchev–Trinajstić information content (AvgIpc) is 1.64. The number of ether oxygens (including phenoxy) is 3. The van der Waals surface area contributed by atoms with Gasteiger partial charge >= 0.3 is 30.0 Å². The number of fused-ring (bicyclic) bond motifs is 2. The monoisotopic (exact) mass is 1410 g/mol. The second-order valence-corrected chi connectivity index (χ2v) is 26.4. The standard InChI is InChI=1S/C36H32ClFN6O4S.C35H30ClFN6O6S/c1-21(45)22-3-5-23(6-4-22)24-7-10-26(11-8-24)44-19-27-18-42(14-15-43(27)36(44)47)20-30-31(35(46)48-2)32(28-12-9-25(38)17-29(28)37)41-33(40-30)34-39-13-16-49-34;1-48-34(46)29-28(39-31(32-38-12-15-50-32)40-30(29)26-11-4-21(37)16-27(26)36)19-41-13-14-42-23(17-41)18-43(35(42)47)22-5-9-25(10-6-22)49-24-7-2-20(3-8-24)33(44)45/h3-13,16-17,27,32H,14-15,18-20H2,1-2H3,(H,40,41);2-12,15-16,23,30H,13-14,17-19H2,1H3,(H,39,40)(H,44,45)/t27?,32-;23?,30-/m00/s1. The average molecular weight is 1420 g/mol. The number of rotatable bonds is 17. The number of carbonyl (C=O) groups excluding carboxylic acids is 5. The number of nitrogens with zero attached hydrogens (tertiary/aromatic N) is 10. The summed E-state index contributed by atoms with van der Waals surface area (Å²) in [5, 5.41) is 21.0. The van der Waals surface area contributed by atoms with Crippen molar-refractivity contribution in [3.63, 3.8) is 0 Å². The molecule has 3 N–H and O–H groups in total. The van der Waals surface area contributed by atoms with Gasteiger partial charge in [0.2, 0.25) is 0 Å². The number of urea groups is 2. The number of carboxylic acid groups (broad SMARTS) is 1. The number of carbonyl (C=O) groups is 6. The van der Waals surface area contributed by atoms with Gasteiger partial charge in [0.1, 0.15) is 35.2 Å². The molecule has 506 valence electrons. The molecule has 0 aliphatic carbocycles. The number of carboxylic acids is 1. The number of anilines is 2. The van der Waals surface area contributed by atoms with Gasteiger partial charge in [-0.25, -0.2) is 42.7 Å². The normalized spacial score (nSPS) is 19.3. The lowest BCUT2D eigenvalue weighted by Crippen LogP contribution is -2.53. The third-order valence-corrected chi connectivity index (χ3v) is 20.0. The zero-order valence-corrected chi connectivity index (χ0v) is 56.5. The number of nitrogens with one attached hydrogen (secondary N) is 2. The van der Waals surface area contributed by atoms with Gasteiger partial charge in [0, 0.05) is 138 Å². The van der Waals surface area contributed by atoms with Gasteiger partial charge in [-0.1, -0.05) is 71.7 Å². The van der Waals surface area contributed by atoms with E-state index in [9.17, 15) is 37.5 Å². The van der Waals surface area contributed by atoms with Crippen molar-refractivity contribution in [3.8, 4) is 22.6 Å². The highest BCUT2D eigenvalue weighted by atomic mass is 35.5. The van der Waals surface area contributed by atoms with Crippen molar-refractivity contribution in [3.05, 3.63) is 233 Å². The van der Waals surface area contributed by atoms with E-state index in [-0.39, 0.29) is 56.7 Å². The maximum Gasteiger partial charge on any atom is 0.338 e. The molecule has 0 saturated carbocycles. The van der Waals surface area contributed by atoms with Gasteiger partial charge in [-0.05, 0) is 103 Å². The Labute approximate surface area is 584 Å². The van der Waals surface area contributed by atoms with Crippen LogP contribution in [0, 0.1) is 11.6 Å². The maximum atomic E-state index is 14.0. The van der Waals surface area contributed by atoms with E-state index < -0.39 is 41.6 Å². The third-order valence-electron chi connectivity index (χ3n) is 17.8. The fraction of sp³-hybridized carbons (Fsp3) is 0.239. The van der Waals surface area contributed by atoms with Crippen molar-refractivity contribution in [1.29, 1.82) is 0 Å². The number of esters is 2. The number of aromatic carboxylic acids is 1. The van der Waals surface area contributed by atoms with Gasteiger partial charge in [0.15, 0.2) is 27.5 Å². The van der Waals surface area contributed by atoms with Gasteiger partial charge in [-0.2, -0.15) is 0 Å². The van der Waals surface area contributed by atoms with Crippen molar-refractivity contribution < 1.29 is 56.9 Å². The van der Waals surface area contributed by atoms with Crippen molar-refractivity contribution in [1.82, 2.24) is 40.2 Å². The molecular weight excluding hydrogens is 1350 g/mol. The maximum absolute atomic E-state index is 14.0. The number of thiazole rings is 2. The van der Waals surface area contributed by atoms with Crippen LogP contribution in [0.3, 0.4) is 0 Å². The second-order valence-electron chi connectivity index (χ2n) is 23.8. The van der Waals surface area contributed by atoms with E-state index in [0.29, 0.717) is 127 Å². The molecule has 8 aromatic rings. The van der Waals surface area contributed by atoms with E-state index in [1.807, 2.05) is 81.2 Å². The lowest BCUT2D eigenvalue weighted by atomic mass is 9.95. The van der Waals surface area contributed by atoms with Crippen LogP contribution in [0.5, 0.6) is 11.5 Å². The van der Waals surface area contributed by atoms with E-state index in [4.69, 9.17) is 52.5 Å². The molecule has 8 heterocycles. The Morgan fingerprint density at radius 2 is 0.980 bits per heavy atom. The van der Waals surface area contributed by atoms with Crippen LogP contribution in [0.25, 0.3) is 11.1 Å². The first kappa shape index (κ1) is 67.4. The van der Waals surface area contributed by atoms with Crippen LogP contribution < -0.4 is 25.2 Å². The van der Waals surface area contributed by atoms with E-state index >= 15 is 0 Å². The lowest BCUT2D eigenvalue weighted by Gasteiger charge is -2.38. The number of amides is 4. The number of aliphatic imine (C=N–C) groups is 2. The van der Waals surface area contributed by atoms with E-state index in [1.54, 1.807) is 53.4 Å². The summed E-state index contributed by atoms with van der Waals surface area (Å²) in [6.45, 7) is 6.43. The molecule has 99 heavy (non-hydrogen) atoms. The fourth-order valence-electron chi connectivity index (χ4n) is 12.9. The van der Waals surface area contributed by atoms with Crippen LogP contribution >= 0.6 is 45.9 Å². The van der Waals surface area contributed by atoms with Crippen LogP contribution in [0.1, 0.15) is 60.9 Å². The van der Waals surface area contributed by atoms with Crippen molar-refractivity contribution >= 4 is 105 Å². The summed E-state index contributed by atoms with van der Waals surface area (Å²) in [4.78, 5) is 107. The number of benzene rings is 6. The van der Waals surface area contributed by atoms with Gasteiger partial charge in [-0.15, -0.1) is 22.7 Å². The molecule has 6 aromatic carbocycles. The first-order chi connectivity index (χ1) is 47.9. The topological polar surface area (TPSA) is 244 Å². The number of halogens is 4. The molecule has 0 radical (unpaired) electrons. The minimum Gasteiger partial charge on any atom is -0.478 e. The number of aromatic nitrogens is 2. The molecule has 28 heteroatoms. The van der Waals surface area contributed by atoms with E-state index in [0.717, 1.165) is 22.5 Å². The number of methoxy groups -OCH3 is 2. The summed E-state index contributed by atoms with van der Waals surface area (Å²) in [7, 11) is 2.61. The zero-order valence-electron chi connectivity index (χ0n) is 53.3. The SMILES string of the molecule is COC(=O)C1=C(CN2CCN3C(=O)N(c4ccc(-c5ccc(C(C)=O)cc5)cc4)CC3C2)NC(c2nccs2)=N[C@H]1c1ccc(F)cc1Cl.COC(=O)C1=C(CN2CCN3C(=O)N(c4ccc(Oc5ccc(C(=O)O)cc5)cc4)CC3C2)NC(c2nccs2)=N[C@H]1c1ccc(F)cc1Cl. The largest absolute Gasteiger partial charge is 0.478 e. The van der Waals surface area contributed by atoms with Crippen LogP contribution in [-0.4, -0.2) is 174 Å². The van der Waals surface area contributed by atoms with Crippen molar-refractivity contribution in [2.75, 3.05) is 89.5 Å². The number of amidine groups is 2. The van der Waals surface area contributed by atoms with Gasteiger partial charge < -0.3 is 39.8 Å². The lowest BCUT2D eigenvalue weighted by molar-refractivity contribution is -0.137. The summed E-state index contributed by atoms with van der Waals surface area (Å²) in [5.74, 6) is -1.19. The van der Waals surface area contributed by atoms with Crippen LogP contribution in [0.15, 0.2) is 189 Å². The molecule has 0 spiro atoms. The van der Waals surface area contributed by atoms with Crippen molar-refractivity contribution in [2.24, 2.45) is 9.98 Å². The van der Waals surface area contributed by atoms with E-state index in [2.05, 4.69) is 30.4 Å². The summed E-state index contributed by atoms with van der Waals surface area (Å²) in [6.07, 6.45) is 3.33. The molecule has 4 fully saturated rings. The minimum atomic E-state index is -1.01. The van der Waals surface area contributed by atoms with Crippen LogP contribution in [-0.2, 0) is 19.1 Å². The van der Waals surface area contributed by atoms with Crippen LogP contribution in [0.4, 0.5) is 29.7 Å². The van der Waals surface area contributed by atoms with Gasteiger partial charge in [0.05, 0.1) is 43.0 Å². The Hall–Kier alpha value is -10.2. The molecule has 4 atom stereocenters. The number of piperazine rings is 2. The summed E-state index contributed by atoms with van der Waals surface area (Å²) >= 11 is 15.8. The summed E-state index contributed by atoms with van der Waals surface area (Å²) in [6, 6.07) is 34.6. The highest BCUT2D eigenvalue weighted by Crippen LogP contribution is 2.40. The smallest absolute Gasteiger partial charge is 0.338 e. The molecule has 6 aliphatic heterocycles. The highest BCUT2D eigenvalue weighted by molar-refractivity contribution is 7.12. The second kappa shape index (κ2) is 29.1. The summed E-state index contributed by atoms with van der Waals surface area (Å²) in [5.41, 5.74) is 6.94. The number of hydrogen-bond acceptors (Lipinski definition) is 19. The van der Waals surface area contributed by atoms with E-state index in [1.165, 1.54) is 85.4 Å². The molecule has 4 saturated heterocycles. The van der Waals surface area contributed by atoms with Gasteiger partial charge in [-0.3, -0.25) is 34.4 Å². The first-order valence-corrected chi connectivity index (χ1v) is 33.9. The fourth-order valence-corrected chi connectivity index (χ4v) is 14.6. The highest BCUT2D eigenvalue weighted by Gasteiger charge is 2.45. The van der Waals surface area contributed by atoms with Gasteiger partial charge in [0.25, 0.3) is 0 Å². The number of ketones is 1. The zero-order chi connectivity index (χ0) is 69.2. The molecule has 6 aliphatic rings. The minimum absolute atomic E-state index is 0.0218. The molecule has 2 unspecified atom stereocenters. The Morgan fingerprint density at radius 1 is 0.566 bits per heavy atom. The first-order valence-electron chi connectivity index (χ1n) is 31.3.